The van der Waals surface area contributed by atoms with Gasteiger partial charge >= 0.3 is 5.69 Å². The molecule has 2 aromatic carbocycles. The highest BCUT2D eigenvalue weighted by Gasteiger charge is 2.17. The molecule has 0 bridgehead atoms. The fourth-order valence-corrected chi connectivity index (χ4v) is 3.56. The molecular formula is C20H18BrN5O2. The lowest BCUT2D eigenvalue weighted by molar-refractivity contribution is 0.805. The molecule has 0 spiro atoms. The molecule has 8 heteroatoms. The SMILES string of the molecule is Cn1c(=O)[nH]c(=O)c2c1nc(NCc1ccccc1)n2Cc1cccc(Br)c1. The average molecular weight is 440 g/mol. The summed E-state index contributed by atoms with van der Waals surface area (Å²) in [5.74, 6) is 0.533. The van der Waals surface area contributed by atoms with Gasteiger partial charge in [0.1, 0.15) is 0 Å². The normalized spacial score (nSPS) is 11.1. The molecule has 2 N–H and O–H groups in total. The molecular weight excluding hydrogens is 422 g/mol. The number of rotatable bonds is 5. The summed E-state index contributed by atoms with van der Waals surface area (Å²) in [4.78, 5) is 31.4. The van der Waals surface area contributed by atoms with Gasteiger partial charge < -0.3 is 5.32 Å². The standard InChI is InChI=1S/C20H18BrN5O2/c1-25-17-16(18(27)24-20(25)28)26(12-14-8-5-9-15(21)10-14)19(23-17)22-11-13-6-3-2-4-7-13/h2-10H,11-12H2,1H3,(H,22,23)(H,24,27,28). The summed E-state index contributed by atoms with van der Waals surface area (Å²) in [5, 5.41) is 3.30. The number of aromatic nitrogens is 4. The first kappa shape index (κ1) is 18.2. The van der Waals surface area contributed by atoms with E-state index in [0.29, 0.717) is 30.2 Å². The van der Waals surface area contributed by atoms with Crippen molar-refractivity contribution < 1.29 is 0 Å². The molecule has 4 aromatic rings. The van der Waals surface area contributed by atoms with Crippen LogP contribution in [-0.4, -0.2) is 19.1 Å². The van der Waals surface area contributed by atoms with E-state index < -0.39 is 11.2 Å². The molecule has 0 aliphatic heterocycles. The minimum Gasteiger partial charge on any atom is -0.351 e. The zero-order valence-electron chi connectivity index (χ0n) is 15.1. The smallest absolute Gasteiger partial charge is 0.329 e. The molecule has 142 valence electrons. The molecule has 2 heterocycles. The van der Waals surface area contributed by atoms with Gasteiger partial charge in [-0.2, -0.15) is 4.98 Å². The van der Waals surface area contributed by atoms with Gasteiger partial charge in [-0.05, 0) is 23.3 Å². The lowest BCUT2D eigenvalue weighted by atomic mass is 10.2. The molecule has 0 unspecified atom stereocenters. The van der Waals surface area contributed by atoms with E-state index in [4.69, 9.17) is 0 Å². The summed E-state index contributed by atoms with van der Waals surface area (Å²) in [6.45, 7) is 0.989. The molecule has 28 heavy (non-hydrogen) atoms. The minimum absolute atomic E-state index is 0.347. The van der Waals surface area contributed by atoms with E-state index in [1.165, 1.54) is 4.57 Å². The number of H-pyrrole nitrogens is 1. The van der Waals surface area contributed by atoms with E-state index in [2.05, 4.69) is 31.2 Å². The summed E-state index contributed by atoms with van der Waals surface area (Å²) in [5.41, 5.74) is 1.86. The van der Waals surface area contributed by atoms with Gasteiger partial charge in [-0.3, -0.25) is 18.9 Å². The topological polar surface area (TPSA) is 84.7 Å². The number of nitrogens with one attached hydrogen (secondary N) is 2. The van der Waals surface area contributed by atoms with E-state index in [1.807, 2.05) is 54.6 Å². The predicted octanol–water partition coefficient (Wildman–Crippen LogP) is 2.85. The van der Waals surface area contributed by atoms with E-state index in [9.17, 15) is 9.59 Å². The van der Waals surface area contributed by atoms with Crippen molar-refractivity contribution in [1.82, 2.24) is 19.1 Å². The highest BCUT2D eigenvalue weighted by Crippen LogP contribution is 2.20. The Morgan fingerprint density at radius 3 is 2.57 bits per heavy atom. The lowest BCUT2D eigenvalue weighted by Crippen LogP contribution is -2.29. The maximum atomic E-state index is 12.6. The number of benzene rings is 2. The van der Waals surface area contributed by atoms with Crippen LogP contribution < -0.4 is 16.6 Å². The third kappa shape index (κ3) is 3.50. The van der Waals surface area contributed by atoms with Crippen molar-refractivity contribution in [1.29, 1.82) is 0 Å². The molecule has 0 saturated carbocycles. The Morgan fingerprint density at radius 2 is 1.82 bits per heavy atom. The molecule has 2 aromatic heterocycles. The number of fused-ring (bicyclic) bond motifs is 1. The summed E-state index contributed by atoms with van der Waals surface area (Å²) >= 11 is 3.48. The minimum atomic E-state index is -0.487. The lowest BCUT2D eigenvalue weighted by Gasteiger charge is -2.11. The van der Waals surface area contributed by atoms with Crippen LogP contribution in [0.3, 0.4) is 0 Å². The van der Waals surface area contributed by atoms with Gasteiger partial charge in [-0.1, -0.05) is 58.4 Å². The molecule has 0 radical (unpaired) electrons. The number of nitrogens with zero attached hydrogens (tertiary/aromatic N) is 3. The summed E-state index contributed by atoms with van der Waals surface area (Å²) in [7, 11) is 1.60. The van der Waals surface area contributed by atoms with Crippen molar-refractivity contribution in [2.45, 2.75) is 13.1 Å². The van der Waals surface area contributed by atoms with Crippen LogP contribution in [0.25, 0.3) is 11.2 Å². The highest BCUT2D eigenvalue weighted by molar-refractivity contribution is 9.10. The van der Waals surface area contributed by atoms with Crippen molar-refractivity contribution in [2.24, 2.45) is 7.05 Å². The highest BCUT2D eigenvalue weighted by atomic mass is 79.9. The van der Waals surface area contributed by atoms with Crippen LogP contribution in [0.1, 0.15) is 11.1 Å². The van der Waals surface area contributed by atoms with Crippen molar-refractivity contribution in [3.63, 3.8) is 0 Å². The second-order valence-corrected chi connectivity index (χ2v) is 7.40. The largest absolute Gasteiger partial charge is 0.351 e. The van der Waals surface area contributed by atoms with Gasteiger partial charge in [0.25, 0.3) is 5.56 Å². The van der Waals surface area contributed by atoms with E-state index in [-0.39, 0.29) is 0 Å². The van der Waals surface area contributed by atoms with Gasteiger partial charge in [-0.25, -0.2) is 4.79 Å². The van der Waals surface area contributed by atoms with Crippen LogP contribution in [0.15, 0.2) is 68.7 Å². The van der Waals surface area contributed by atoms with Crippen molar-refractivity contribution >= 4 is 33.0 Å². The Kier molecular flexibility index (Phi) is 4.87. The van der Waals surface area contributed by atoms with Crippen LogP contribution in [0.4, 0.5) is 5.95 Å². The van der Waals surface area contributed by atoms with Gasteiger partial charge in [0.2, 0.25) is 5.95 Å². The van der Waals surface area contributed by atoms with Gasteiger partial charge in [0.05, 0.1) is 6.54 Å². The van der Waals surface area contributed by atoms with Gasteiger partial charge in [-0.15, -0.1) is 0 Å². The quantitative estimate of drug-likeness (QED) is 0.500. The molecule has 0 saturated heterocycles. The zero-order chi connectivity index (χ0) is 19.7. The van der Waals surface area contributed by atoms with E-state index in [1.54, 1.807) is 11.6 Å². The predicted molar refractivity (Wildman–Crippen MR) is 113 cm³/mol. The number of aromatic amines is 1. The van der Waals surface area contributed by atoms with Crippen molar-refractivity contribution in [3.05, 3.63) is 91.0 Å². The Balaban J connectivity index is 1.82. The fourth-order valence-electron chi connectivity index (χ4n) is 3.12. The first-order chi connectivity index (χ1) is 13.5. The molecule has 0 aliphatic carbocycles. The monoisotopic (exact) mass is 439 g/mol. The molecule has 4 rings (SSSR count). The van der Waals surface area contributed by atoms with Gasteiger partial charge in [0.15, 0.2) is 11.2 Å². The number of imidazole rings is 1. The summed E-state index contributed by atoms with van der Waals surface area (Å²) < 4.78 is 4.11. The number of halogens is 1. The maximum Gasteiger partial charge on any atom is 0.329 e. The average Bonchev–Trinajstić information content (AvgIpc) is 3.04. The fraction of sp³-hybridized carbons (Fsp3) is 0.150. The third-order valence-corrected chi connectivity index (χ3v) is 5.02. The van der Waals surface area contributed by atoms with E-state index in [0.717, 1.165) is 15.6 Å². The van der Waals surface area contributed by atoms with Crippen LogP contribution in [0, 0.1) is 0 Å². The molecule has 7 nitrogen and oxygen atoms in total. The molecule has 0 atom stereocenters. The second-order valence-electron chi connectivity index (χ2n) is 6.48. The van der Waals surface area contributed by atoms with Crippen molar-refractivity contribution in [2.75, 3.05) is 5.32 Å². The Labute approximate surface area is 168 Å². The Bertz CT molecular complexity index is 1260. The Morgan fingerprint density at radius 1 is 1.07 bits per heavy atom. The first-order valence-electron chi connectivity index (χ1n) is 8.75. The summed E-state index contributed by atoms with van der Waals surface area (Å²) in [6, 6.07) is 17.8. The number of anilines is 1. The zero-order valence-corrected chi connectivity index (χ0v) is 16.7. The second kappa shape index (κ2) is 7.47. The summed E-state index contributed by atoms with van der Waals surface area (Å²) in [6.07, 6.45) is 0. The number of aryl methyl sites for hydroxylation is 1. The molecule has 0 aliphatic rings. The van der Waals surface area contributed by atoms with Crippen LogP contribution >= 0.6 is 15.9 Å². The molecule has 0 amide bonds. The molecule has 0 fully saturated rings. The van der Waals surface area contributed by atoms with Crippen molar-refractivity contribution in [3.8, 4) is 0 Å². The Hall–Kier alpha value is -3.13. The van der Waals surface area contributed by atoms with E-state index >= 15 is 0 Å². The first-order valence-corrected chi connectivity index (χ1v) is 9.54. The van der Waals surface area contributed by atoms with Gasteiger partial charge in [0, 0.05) is 18.1 Å². The maximum absolute atomic E-state index is 12.6. The number of hydrogen-bond donors (Lipinski definition) is 2. The third-order valence-electron chi connectivity index (χ3n) is 4.53. The van der Waals surface area contributed by atoms with Crippen LogP contribution in [0.2, 0.25) is 0 Å². The number of hydrogen-bond acceptors (Lipinski definition) is 4. The van der Waals surface area contributed by atoms with Crippen LogP contribution in [0.5, 0.6) is 0 Å². The van der Waals surface area contributed by atoms with Crippen LogP contribution in [-0.2, 0) is 20.1 Å².